The molecule has 2 atom stereocenters. The Balaban J connectivity index is 1.74. The van der Waals surface area contributed by atoms with Gasteiger partial charge in [-0.2, -0.15) is 5.26 Å². The van der Waals surface area contributed by atoms with Crippen LogP contribution in [-0.2, 0) is 14.8 Å². The average Bonchev–Trinajstić information content (AvgIpc) is 3.57. The lowest BCUT2D eigenvalue weighted by Gasteiger charge is -2.35. The molecule has 0 aromatic heterocycles. The van der Waals surface area contributed by atoms with E-state index in [1.54, 1.807) is 13.2 Å². The largest absolute Gasteiger partial charge is 0.485 e. The fourth-order valence-electron chi connectivity index (χ4n) is 3.66. The molecule has 2 fully saturated rings. The van der Waals surface area contributed by atoms with Crippen molar-refractivity contribution in [1.29, 1.82) is 5.26 Å². The first kappa shape index (κ1) is 22.4. The van der Waals surface area contributed by atoms with Crippen molar-refractivity contribution in [2.45, 2.75) is 48.7 Å². The van der Waals surface area contributed by atoms with Crippen LogP contribution in [0, 0.1) is 11.3 Å². The van der Waals surface area contributed by atoms with E-state index >= 15 is 0 Å². The molecule has 2 unspecified atom stereocenters. The molecule has 0 amide bonds. The molecule has 2 aliphatic rings. The fourth-order valence-corrected chi connectivity index (χ4v) is 5.24. The van der Waals surface area contributed by atoms with Gasteiger partial charge in [0.05, 0.1) is 32.8 Å². The van der Waals surface area contributed by atoms with Gasteiger partial charge in [-0.1, -0.05) is 17.7 Å². The number of halogens is 1. The molecular weight excluding hydrogens is 456 g/mol. The van der Waals surface area contributed by atoms with Gasteiger partial charge in [0.15, 0.2) is 0 Å². The highest BCUT2D eigenvalue weighted by Crippen LogP contribution is 2.44. The number of carbonyl (C=O) groups is 1. The number of nitriles is 1. The third kappa shape index (κ3) is 4.39. The Kier molecular flexibility index (Phi) is 6.03. The minimum absolute atomic E-state index is 0.0511. The van der Waals surface area contributed by atoms with E-state index < -0.39 is 16.0 Å². The Morgan fingerprint density at radius 2 is 1.91 bits per heavy atom. The number of hydrogen-bond acceptors (Lipinski definition) is 6. The van der Waals surface area contributed by atoms with Gasteiger partial charge in [-0.3, -0.25) is 4.72 Å². The summed E-state index contributed by atoms with van der Waals surface area (Å²) in [6, 6.07) is 8.76. The topological polar surface area (TPSA) is 126 Å². The predicted octanol–water partition coefficient (Wildman–Crippen LogP) is 4.14. The molecule has 2 aromatic rings. The Bertz CT molecular complexity index is 1220. The smallest absolute Gasteiger partial charge is 0.335 e. The van der Waals surface area contributed by atoms with Gasteiger partial charge in [0.25, 0.3) is 10.0 Å². The Labute approximate surface area is 190 Å². The summed E-state index contributed by atoms with van der Waals surface area (Å²) >= 11 is 6.16. The Morgan fingerprint density at radius 3 is 2.47 bits per heavy atom. The normalized spacial score (nSPS) is 20.2. The van der Waals surface area contributed by atoms with E-state index in [4.69, 9.17) is 21.1 Å². The maximum absolute atomic E-state index is 13.4. The molecule has 0 bridgehead atoms. The van der Waals surface area contributed by atoms with E-state index in [-0.39, 0.29) is 50.6 Å². The highest BCUT2D eigenvalue weighted by Gasteiger charge is 2.35. The number of carboxylic acid groups (broad SMARTS) is 1. The Morgan fingerprint density at radius 1 is 1.19 bits per heavy atom. The van der Waals surface area contributed by atoms with Gasteiger partial charge >= 0.3 is 5.97 Å². The molecule has 32 heavy (non-hydrogen) atoms. The number of ether oxygens (including phenoxy) is 2. The van der Waals surface area contributed by atoms with Crippen molar-refractivity contribution in [3.05, 3.63) is 52.0 Å². The van der Waals surface area contributed by atoms with Crippen LogP contribution in [0.1, 0.15) is 53.1 Å². The monoisotopic (exact) mass is 476 g/mol. The lowest BCUT2D eigenvalue weighted by molar-refractivity contribution is -0.0622. The van der Waals surface area contributed by atoms with Gasteiger partial charge in [0.2, 0.25) is 0 Å². The summed E-state index contributed by atoms with van der Waals surface area (Å²) in [7, 11) is -2.61. The number of nitrogens with one attached hydrogen (secondary N) is 1. The average molecular weight is 477 g/mol. The van der Waals surface area contributed by atoms with Crippen molar-refractivity contribution in [1.82, 2.24) is 0 Å². The van der Waals surface area contributed by atoms with E-state index in [9.17, 15) is 23.6 Å². The van der Waals surface area contributed by atoms with Gasteiger partial charge in [0, 0.05) is 13.2 Å². The zero-order valence-electron chi connectivity index (χ0n) is 17.2. The third-order valence-corrected chi connectivity index (χ3v) is 7.47. The zero-order valence-corrected chi connectivity index (χ0v) is 18.7. The molecule has 2 aromatic carbocycles. The number of aromatic carboxylic acids is 1. The summed E-state index contributed by atoms with van der Waals surface area (Å²) in [4.78, 5) is 11.3. The van der Waals surface area contributed by atoms with Crippen molar-refractivity contribution in [3.63, 3.8) is 0 Å². The molecule has 2 N–H and O–H groups in total. The molecule has 4 rings (SSSR count). The number of benzene rings is 2. The summed E-state index contributed by atoms with van der Waals surface area (Å²) in [5.74, 6) is -0.981. The van der Waals surface area contributed by atoms with Gasteiger partial charge in [0.1, 0.15) is 17.9 Å². The predicted molar refractivity (Wildman–Crippen MR) is 117 cm³/mol. The number of sulfonamides is 1. The molecule has 2 saturated carbocycles. The van der Waals surface area contributed by atoms with Crippen molar-refractivity contribution in [3.8, 4) is 11.8 Å². The second kappa shape index (κ2) is 8.62. The summed E-state index contributed by atoms with van der Waals surface area (Å²) in [5.41, 5.74) is 0.570. The quantitative estimate of drug-likeness (QED) is 0.586. The second-order valence-electron chi connectivity index (χ2n) is 7.89. The van der Waals surface area contributed by atoms with Crippen LogP contribution < -0.4 is 9.46 Å². The van der Waals surface area contributed by atoms with Crippen LogP contribution in [0.15, 0.2) is 35.2 Å². The van der Waals surface area contributed by atoms with E-state index in [1.807, 2.05) is 6.07 Å². The molecule has 0 spiro atoms. The van der Waals surface area contributed by atoms with Crippen LogP contribution in [0.3, 0.4) is 0 Å². The van der Waals surface area contributed by atoms with Gasteiger partial charge in [-0.25, -0.2) is 13.2 Å². The van der Waals surface area contributed by atoms with Crippen LogP contribution in [0.5, 0.6) is 5.75 Å². The molecule has 8 nitrogen and oxygen atoms in total. The number of anilines is 1. The van der Waals surface area contributed by atoms with Crippen LogP contribution in [-0.4, -0.2) is 38.8 Å². The lowest BCUT2D eigenvalue weighted by Crippen LogP contribution is -2.42. The minimum Gasteiger partial charge on any atom is -0.485 e. The van der Waals surface area contributed by atoms with E-state index in [0.717, 1.165) is 31.7 Å². The molecular formula is C22H21ClN2O6S. The minimum atomic E-state index is -4.19. The van der Waals surface area contributed by atoms with Gasteiger partial charge < -0.3 is 14.6 Å². The SMILES string of the molecule is COC1CCC1Oc1cc(Cl)c(C#N)cc1NS(=O)(=O)c1cc(C(=O)O)ccc1C1CC1. The van der Waals surface area contributed by atoms with Crippen LogP contribution in [0.2, 0.25) is 5.02 Å². The highest BCUT2D eigenvalue weighted by molar-refractivity contribution is 7.92. The molecule has 0 heterocycles. The Hall–Kier alpha value is -2.80. The van der Waals surface area contributed by atoms with E-state index in [0.29, 0.717) is 5.56 Å². The molecule has 0 radical (unpaired) electrons. The van der Waals surface area contributed by atoms with Crippen molar-refractivity contribution < 1.29 is 27.8 Å². The number of methoxy groups -OCH3 is 1. The van der Waals surface area contributed by atoms with Crippen LogP contribution in [0.25, 0.3) is 0 Å². The summed E-state index contributed by atoms with van der Waals surface area (Å²) in [6.45, 7) is 0. The first-order valence-corrected chi connectivity index (χ1v) is 11.9. The van der Waals surface area contributed by atoms with E-state index in [1.165, 1.54) is 18.2 Å². The van der Waals surface area contributed by atoms with Gasteiger partial charge in [-0.15, -0.1) is 0 Å². The lowest BCUT2D eigenvalue weighted by atomic mass is 9.92. The van der Waals surface area contributed by atoms with Gasteiger partial charge in [-0.05, 0) is 55.4 Å². The second-order valence-corrected chi connectivity index (χ2v) is 9.94. The fraction of sp³-hybridized carbons (Fsp3) is 0.364. The molecule has 0 aliphatic heterocycles. The van der Waals surface area contributed by atoms with Crippen molar-refractivity contribution >= 4 is 33.3 Å². The standard InChI is InChI=1S/C22H21ClN2O6S/c1-30-18-6-7-19(18)31-20-10-16(23)14(11-24)8-17(20)25-32(28,29)21-9-13(22(26)27)4-5-15(21)12-2-3-12/h4-5,8-10,12,18-19,25H,2-3,6-7H2,1H3,(H,26,27). The molecule has 2 aliphatic carbocycles. The number of carboxylic acids is 1. The summed E-state index contributed by atoms with van der Waals surface area (Å²) < 4.78 is 40.5. The molecule has 0 saturated heterocycles. The van der Waals surface area contributed by atoms with Crippen molar-refractivity contribution in [2.75, 3.05) is 11.8 Å². The van der Waals surface area contributed by atoms with E-state index in [2.05, 4.69) is 4.72 Å². The number of nitrogens with zero attached hydrogens (tertiary/aromatic N) is 1. The van der Waals surface area contributed by atoms with Crippen molar-refractivity contribution in [2.24, 2.45) is 0 Å². The molecule has 168 valence electrons. The highest BCUT2D eigenvalue weighted by atomic mass is 35.5. The number of hydrogen-bond donors (Lipinski definition) is 2. The first-order chi connectivity index (χ1) is 15.2. The zero-order chi connectivity index (χ0) is 23.0. The maximum atomic E-state index is 13.4. The van der Waals surface area contributed by atoms with Crippen LogP contribution >= 0.6 is 11.6 Å². The maximum Gasteiger partial charge on any atom is 0.335 e. The number of rotatable bonds is 8. The summed E-state index contributed by atoms with van der Waals surface area (Å²) in [5, 5.41) is 18.8. The first-order valence-electron chi connectivity index (χ1n) is 10.1. The summed E-state index contributed by atoms with van der Waals surface area (Å²) in [6.07, 6.45) is 2.83. The molecule has 10 heteroatoms. The third-order valence-electron chi connectivity index (χ3n) is 5.73. The van der Waals surface area contributed by atoms with Crippen LogP contribution in [0.4, 0.5) is 5.69 Å².